The molecule has 0 saturated heterocycles. The van der Waals surface area contributed by atoms with Crippen LogP contribution in [-0.4, -0.2) is 5.11 Å². The van der Waals surface area contributed by atoms with E-state index in [-0.39, 0.29) is 5.41 Å². The molecular weight excluding hydrogens is 196 g/mol. The molecule has 0 aliphatic carbocycles. The van der Waals surface area contributed by atoms with Crippen LogP contribution in [0, 0.1) is 11.8 Å². The molecule has 1 heteroatoms. The third-order valence-electron chi connectivity index (χ3n) is 3.78. The summed E-state index contributed by atoms with van der Waals surface area (Å²) in [6, 6.07) is 7.65. The Balaban J connectivity index is 3.03. The quantitative estimate of drug-likeness (QED) is 0.799. The minimum Gasteiger partial charge on any atom is -0.508 e. The van der Waals surface area contributed by atoms with E-state index < -0.39 is 0 Å². The molecule has 0 aromatic heterocycles. The van der Waals surface area contributed by atoms with Crippen molar-refractivity contribution in [3.05, 3.63) is 29.8 Å². The maximum absolute atomic E-state index is 9.33. The van der Waals surface area contributed by atoms with Gasteiger partial charge in [0.05, 0.1) is 0 Å². The molecule has 1 atom stereocenters. The van der Waals surface area contributed by atoms with E-state index in [1.807, 2.05) is 12.1 Å². The molecule has 0 radical (unpaired) electrons. The smallest absolute Gasteiger partial charge is 0.115 e. The monoisotopic (exact) mass is 220 g/mol. The molecule has 0 fully saturated rings. The van der Waals surface area contributed by atoms with E-state index in [4.69, 9.17) is 0 Å². The lowest BCUT2D eigenvalue weighted by atomic mass is 9.67. The number of benzene rings is 1. The van der Waals surface area contributed by atoms with Crippen LogP contribution in [0.5, 0.6) is 5.75 Å². The predicted octanol–water partition coefficient (Wildman–Crippen LogP) is 4.35. The molecule has 0 aliphatic heterocycles. The Labute approximate surface area is 99.5 Å². The Morgan fingerprint density at radius 3 is 2.00 bits per heavy atom. The zero-order valence-corrected chi connectivity index (χ0v) is 11.1. The Hall–Kier alpha value is -0.980. The Bertz CT molecular complexity index is 322. The van der Waals surface area contributed by atoms with Gasteiger partial charge in [-0.15, -0.1) is 0 Å². The van der Waals surface area contributed by atoms with Crippen molar-refractivity contribution in [2.75, 3.05) is 0 Å². The molecule has 0 bridgehead atoms. The van der Waals surface area contributed by atoms with Crippen LogP contribution in [0.25, 0.3) is 0 Å². The van der Waals surface area contributed by atoms with Gasteiger partial charge in [0, 0.05) is 0 Å². The molecule has 0 saturated carbocycles. The van der Waals surface area contributed by atoms with Crippen molar-refractivity contribution < 1.29 is 5.11 Å². The molecule has 0 spiro atoms. The van der Waals surface area contributed by atoms with Gasteiger partial charge >= 0.3 is 0 Å². The molecule has 1 rings (SSSR count). The summed E-state index contributed by atoms with van der Waals surface area (Å²) in [5, 5.41) is 9.33. The first-order valence-corrected chi connectivity index (χ1v) is 6.19. The highest BCUT2D eigenvalue weighted by molar-refractivity contribution is 5.31. The molecule has 1 nitrogen and oxygen atoms in total. The number of hydrogen-bond donors (Lipinski definition) is 1. The maximum atomic E-state index is 9.33. The number of rotatable bonds is 4. The van der Waals surface area contributed by atoms with Crippen LogP contribution in [0.1, 0.15) is 46.6 Å². The van der Waals surface area contributed by atoms with Crippen LogP contribution in [0.4, 0.5) is 0 Å². The van der Waals surface area contributed by atoms with Crippen LogP contribution in [0.15, 0.2) is 24.3 Å². The predicted molar refractivity (Wildman–Crippen MR) is 69.8 cm³/mol. The molecule has 1 aromatic rings. The van der Waals surface area contributed by atoms with E-state index in [9.17, 15) is 5.11 Å². The van der Waals surface area contributed by atoms with Crippen LogP contribution in [-0.2, 0) is 5.41 Å². The third-order valence-corrected chi connectivity index (χ3v) is 3.78. The van der Waals surface area contributed by atoms with E-state index in [1.165, 1.54) is 12.0 Å². The number of aromatic hydroxyl groups is 1. The second-order valence-electron chi connectivity index (χ2n) is 5.53. The molecule has 0 heterocycles. The van der Waals surface area contributed by atoms with Gasteiger partial charge in [-0.1, -0.05) is 53.2 Å². The van der Waals surface area contributed by atoms with E-state index >= 15 is 0 Å². The fraction of sp³-hybridized carbons (Fsp3) is 0.600. The van der Waals surface area contributed by atoms with Crippen molar-refractivity contribution in [2.24, 2.45) is 11.8 Å². The van der Waals surface area contributed by atoms with Crippen molar-refractivity contribution in [3.8, 4) is 5.75 Å². The standard InChI is InChI=1S/C15H24O/c1-6-14(11(2)3)15(4,5)12-7-9-13(16)10-8-12/h7-11,14,16H,6H2,1-5H3. The van der Waals surface area contributed by atoms with Crippen LogP contribution < -0.4 is 0 Å². The van der Waals surface area contributed by atoms with E-state index in [2.05, 4.69) is 34.6 Å². The van der Waals surface area contributed by atoms with Gasteiger partial charge in [-0.05, 0) is 34.9 Å². The minimum atomic E-state index is 0.163. The second kappa shape index (κ2) is 4.90. The lowest BCUT2D eigenvalue weighted by molar-refractivity contribution is 0.232. The highest BCUT2D eigenvalue weighted by atomic mass is 16.3. The van der Waals surface area contributed by atoms with Crippen LogP contribution in [0.3, 0.4) is 0 Å². The lowest BCUT2D eigenvalue weighted by Crippen LogP contribution is -2.31. The zero-order valence-electron chi connectivity index (χ0n) is 11.1. The van der Waals surface area contributed by atoms with Crippen molar-refractivity contribution in [1.29, 1.82) is 0 Å². The average molecular weight is 220 g/mol. The summed E-state index contributed by atoms with van der Waals surface area (Å²) in [5.74, 6) is 1.68. The molecule has 1 N–H and O–H groups in total. The summed E-state index contributed by atoms with van der Waals surface area (Å²) in [6.45, 7) is 11.4. The van der Waals surface area contributed by atoms with Gasteiger partial charge in [0.2, 0.25) is 0 Å². The summed E-state index contributed by atoms with van der Waals surface area (Å²) >= 11 is 0. The first-order valence-electron chi connectivity index (χ1n) is 6.19. The summed E-state index contributed by atoms with van der Waals surface area (Å²) in [7, 11) is 0. The van der Waals surface area contributed by atoms with Crippen LogP contribution in [0.2, 0.25) is 0 Å². The third kappa shape index (κ3) is 2.58. The van der Waals surface area contributed by atoms with Crippen molar-refractivity contribution in [1.82, 2.24) is 0 Å². The molecule has 0 amide bonds. The summed E-state index contributed by atoms with van der Waals surface area (Å²) < 4.78 is 0. The molecular formula is C15H24O. The van der Waals surface area contributed by atoms with Gasteiger partial charge < -0.3 is 5.11 Å². The second-order valence-corrected chi connectivity index (χ2v) is 5.53. The van der Waals surface area contributed by atoms with Crippen molar-refractivity contribution in [2.45, 2.75) is 46.5 Å². The highest BCUT2D eigenvalue weighted by Crippen LogP contribution is 2.38. The largest absolute Gasteiger partial charge is 0.508 e. The fourth-order valence-electron chi connectivity index (χ4n) is 2.92. The number of phenolic OH excluding ortho intramolecular Hbond substituents is 1. The van der Waals surface area contributed by atoms with Gasteiger partial charge in [0.25, 0.3) is 0 Å². The lowest BCUT2D eigenvalue weighted by Gasteiger charge is -2.37. The van der Waals surface area contributed by atoms with Crippen molar-refractivity contribution >= 4 is 0 Å². The molecule has 90 valence electrons. The Kier molecular flexibility index (Phi) is 4.01. The van der Waals surface area contributed by atoms with Gasteiger partial charge in [0.15, 0.2) is 0 Å². The first kappa shape index (κ1) is 13.1. The number of hydrogen-bond acceptors (Lipinski definition) is 1. The Morgan fingerprint density at radius 2 is 1.62 bits per heavy atom. The highest BCUT2D eigenvalue weighted by Gasteiger charge is 2.31. The molecule has 16 heavy (non-hydrogen) atoms. The maximum Gasteiger partial charge on any atom is 0.115 e. The van der Waals surface area contributed by atoms with Gasteiger partial charge in [-0.3, -0.25) is 0 Å². The molecule has 1 aromatic carbocycles. The molecule has 1 unspecified atom stereocenters. The van der Waals surface area contributed by atoms with E-state index in [0.29, 0.717) is 17.6 Å². The molecule has 0 aliphatic rings. The SMILES string of the molecule is CCC(C(C)C)C(C)(C)c1ccc(O)cc1. The van der Waals surface area contributed by atoms with Gasteiger partial charge in [0.1, 0.15) is 5.75 Å². The van der Waals surface area contributed by atoms with E-state index in [0.717, 1.165) is 0 Å². The van der Waals surface area contributed by atoms with Gasteiger partial charge in [-0.25, -0.2) is 0 Å². The van der Waals surface area contributed by atoms with Crippen LogP contribution >= 0.6 is 0 Å². The average Bonchev–Trinajstić information content (AvgIpc) is 2.18. The zero-order chi connectivity index (χ0) is 12.3. The minimum absolute atomic E-state index is 0.163. The van der Waals surface area contributed by atoms with E-state index in [1.54, 1.807) is 12.1 Å². The fourth-order valence-corrected chi connectivity index (χ4v) is 2.92. The summed E-state index contributed by atoms with van der Waals surface area (Å²) in [4.78, 5) is 0. The normalized spacial score (nSPS) is 14.1. The van der Waals surface area contributed by atoms with Gasteiger partial charge in [-0.2, -0.15) is 0 Å². The Morgan fingerprint density at radius 1 is 1.12 bits per heavy atom. The number of phenols is 1. The summed E-state index contributed by atoms with van der Waals surface area (Å²) in [5.41, 5.74) is 1.47. The summed E-state index contributed by atoms with van der Waals surface area (Å²) in [6.07, 6.45) is 1.19. The topological polar surface area (TPSA) is 20.2 Å². The van der Waals surface area contributed by atoms with Crippen molar-refractivity contribution in [3.63, 3.8) is 0 Å². The first-order chi connectivity index (χ1) is 7.39.